The molecule has 3 N–H and O–H groups in total. The van der Waals surface area contributed by atoms with Crippen molar-refractivity contribution in [3.8, 4) is 5.75 Å². The molecule has 0 aliphatic carbocycles. The van der Waals surface area contributed by atoms with Gasteiger partial charge in [-0.1, -0.05) is 29.3 Å². The van der Waals surface area contributed by atoms with E-state index in [0.717, 1.165) is 5.56 Å². The third-order valence-corrected chi connectivity index (χ3v) is 3.45. The van der Waals surface area contributed by atoms with Crippen LogP contribution >= 0.6 is 35.4 Å². The van der Waals surface area contributed by atoms with Crippen molar-refractivity contribution in [3.63, 3.8) is 0 Å². The van der Waals surface area contributed by atoms with Crippen LogP contribution in [0, 0.1) is 0 Å². The summed E-state index contributed by atoms with van der Waals surface area (Å²) >= 11 is 16.5. The molecule has 0 unspecified atom stereocenters. The summed E-state index contributed by atoms with van der Waals surface area (Å²) in [4.78, 5) is 11.7. The Morgan fingerprint density at radius 3 is 2.45 bits per heavy atom. The van der Waals surface area contributed by atoms with E-state index in [1.165, 1.54) is 0 Å². The lowest BCUT2D eigenvalue weighted by molar-refractivity contribution is 0.0977. The lowest BCUT2D eigenvalue weighted by Crippen LogP contribution is -2.34. The summed E-state index contributed by atoms with van der Waals surface area (Å²) in [7, 11) is 0. The van der Waals surface area contributed by atoms with Crippen LogP contribution in [-0.4, -0.2) is 11.0 Å². The highest BCUT2D eigenvalue weighted by Gasteiger charge is 2.07. The molecule has 0 radical (unpaired) electrons. The molecule has 4 nitrogen and oxygen atoms in total. The normalized spacial score (nSPS) is 10.1. The van der Waals surface area contributed by atoms with Crippen LogP contribution in [0.1, 0.15) is 15.9 Å². The van der Waals surface area contributed by atoms with Gasteiger partial charge in [0.25, 0.3) is 5.91 Å². The minimum absolute atomic E-state index is 0.0669. The Morgan fingerprint density at radius 2 is 1.86 bits per heavy atom. The van der Waals surface area contributed by atoms with Gasteiger partial charge in [-0.3, -0.25) is 10.1 Å². The summed E-state index contributed by atoms with van der Waals surface area (Å²) in [5.41, 5.74) is 6.51. The highest BCUT2D eigenvalue weighted by Crippen LogP contribution is 2.22. The Kier molecular flexibility index (Phi) is 5.60. The molecule has 0 fully saturated rings. The molecule has 0 heterocycles. The lowest BCUT2D eigenvalue weighted by atomic mass is 10.2. The molecule has 0 bridgehead atoms. The lowest BCUT2D eigenvalue weighted by Gasteiger charge is -2.09. The molecule has 114 valence electrons. The van der Waals surface area contributed by atoms with Crippen LogP contribution in [0.4, 0.5) is 0 Å². The minimum Gasteiger partial charge on any atom is -0.489 e. The van der Waals surface area contributed by atoms with Crippen molar-refractivity contribution in [1.29, 1.82) is 0 Å². The van der Waals surface area contributed by atoms with E-state index in [4.69, 9.17) is 33.7 Å². The number of amides is 1. The van der Waals surface area contributed by atoms with E-state index in [1.54, 1.807) is 42.5 Å². The predicted molar refractivity (Wildman–Crippen MR) is 91.5 cm³/mol. The molecule has 2 rings (SSSR count). The number of benzene rings is 2. The Labute approximate surface area is 143 Å². The van der Waals surface area contributed by atoms with Crippen molar-refractivity contribution in [1.82, 2.24) is 5.32 Å². The highest BCUT2D eigenvalue weighted by atomic mass is 35.5. The third kappa shape index (κ3) is 4.59. The molecular formula is C15H12Cl2N2O2S. The van der Waals surface area contributed by atoms with Gasteiger partial charge in [0.05, 0.1) is 0 Å². The molecule has 0 aliphatic heterocycles. The third-order valence-electron chi connectivity index (χ3n) is 2.76. The number of halogens is 2. The molecule has 2 aromatic carbocycles. The average molecular weight is 355 g/mol. The number of nitrogens with two attached hydrogens (primary N) is 1. The number of thiocarbonyl (C=S) groups is 1. The monoisotopic (exact) mass is 354 g/mol. The largest absolute Gasteiger partial charge is 0.489 e. The molecular weight excluding hydrogens is 343 g/mol. The first-order valence-electron chi connectivity index (χ1n) is 6.23. The van der Waals surface area contributed by atoms with Crippen molar-refractivity contribution in [2.24, 2.45) is 5.73 Å². The Balaban J connectivity index is 1.99. The maximum Gasteiger partial charge on any atom is 0.257 e. The predicted octanol–water partition coefficient (Wildman–Crippen LogP) is 3.55. The molecule has 7 heteroatoms. The van der Waals surface area contributed by atoms with E-state index in [2.05, 4.69) is 17.5 Å². The molecule has 0 spiro atoms. The van der Waals surface area contributed by atoms with Gasteiger partial charge < -0.3 is 10.5 Å². The van der Waals surface area contributed by atoms with Crippen molar-refractivity contribution in [3.05, 3.63) is 63.6 Å². The van der Waals surface area contributed by atoms with Crippen LogP contribution in [-0.2, 0) is 6.61 Å². The van der Waals surface area contributed by atoms with Crippen LogP contribution in [0.15, 0.2) is 42.5 Å². The van der Waals surface area contributed by atoms with Crippen LogP contribution in [0.3, 0.4) is 0 Å². The second kappa shape index (κ2) is 7.45. The molecule has 0 saturated carbocycles. The average Bonchev–Trinajstić information content (AvgIpc) is 2.46. The van der Waals surface area contributed by atoms with E-state index in [9.17, 15) is 4.79 Å². The SMILES string of the molecule is NC(=S)NC(=O)c1ccc(OCc2ccc(Cl)cc2Cl)cc1. The highest BCUT2D eigenvalue weighted by molar-refractivity contribution is 7.80. The molecule has 22 heavy (non-hydrogen) atoms. The second-order valence-electron chi connectivity index (χ2n) is 4.37. The van der Waals surface area contributed by atoms with Crippen LogP contribution in [0.5, 0.6) is 5.75 Å². The summed E-state index contributed by atoms with van der Waals surface area (Å²) in [6, 6.07) is 11.8. The number of ether oxygens (including phenoxy) is 1. The van der Waals surface area contributed by atoms with E-state index < -0.39 is 0 Å². The molecule has 0 saturated heterocycles. The maximum atomic E-state index is 11.7. The Morgan fingerprint density at radius 1 is 1.18 bits per heavy atom. The van der Waals surface area contributed by atoms with E-state index >= 15 is 0 Å². The molecule has 0 atom stereocenters. The summed E-state index contributed by atoms with van der Waals surface area (Å²) in [6.45, 7) is 0.300. The summed E-state index contributed by atoms with van der Waals surface area (Å²) in [5.74, 6) is 0.248. The quantitative estimate of drug-likeness (QED) is 0.824. The number of carbonyl (C=O) groups excluding carboxylic acids is 1. The summed E-state index contributed by atoms with van der Waals surface area (Å²) in [6.07, 6.45) is 0. The van der Waals surface area contributed by atoms with Gasteiger partial charge in [0.2, 0.25) is 0 Å². The van der Waals surface area contributed by atoms with Gasteiger partial charge in [-0.2, -0.15) is 0 Å². The van der Waals surface area contributed by atoms with Crippen molar-refractivity contribution < 1.29 is 9.53 Å². The van der Waals surface area contributed by atoms with Gasteiger partial charge in [-0.05, 0) is 48.6 Å². The van der Waals surface area contributed by atoms with Crippen molar-refractivity contribution in [2.75, 3.05) is 0 Å². The number of nitrogens with one attached hydrogen (secondary N) is 1. The van der Waals surface area contributed by atoms with Gasteiger partial charge >= 0.3 is 0 Å². The number of carbonyl (C=O) groups is 1. The fourth-order valence-electron chi connectivity index (χ4n) is 1.69. The zero-order chi connectivity index (χ0) is 16.1. The fourth-order valence-corrected chi connectivity index (χ4v) is 2.24. The van der Waals surface area contributed by atoms with Crippen LogP contribution in [0.2, 0.25) is 10.0 Å². The number of hydrogen-bond donors (Lipinski definition) is 2. The van der Waals surface area contributed by atoms with E-state index in [1.807, 2.05) is 0 Å². The molecule has 0 aliphatic rings. The van der Waals surface area contributed by atoms with E-state index in [-0.39, 0.29) is 11.0 Å². The first kappa shape index (κ1) is 16.5. The van der Waals surface area contributed by atoms with E-state index in [0.29, 0.717) is 28.0 Å². The Bertz CT molecular complexity index is 705. The smallest absolute Gasteiger partial charge is 0.257 e. The zero-order valence-electron chi connectivity index (χ0n) is 11.3. The first-order valence-corrected chi connectivity index (χ1v) is 7.39. The summed E-state index contributed by atoms with van der Waals surface area (Å²) in [5, 5.41) is 3.39. The maximum absolute atomic E-state index is 11.7. The van der Waals surface area contributed by atoms with Gasteiger partial charge in [0.1, 0.15) is 12.4 Å². The summed E-state index contributed by atoms with van der Waals surface area (Å²) < 4.78 is 5.62. The number of hydrogen-bond acceptors (Lipinski definition) is 3. The molecule has 2 aromatic rings. The number of rotatable bonds is 4. The van der Waals surface area contributed by atoms with Gasteiger partial charge in [0.15, 0.2) is 5.11 Å². The molecule has 1 amide bonds. The molecule has 0 aromatic heterocycles. The van der Waals surface area contributed by atoms with Crippen molar-refractivity contribution in [2.45, 2.75) is 6.61 Å². The zero-order valence-corrected chi connectivity index (χ0v) is 13.6. The van der Waals surface area contributed by atoms with Crippen molar-refractivity contribution >= 4 is 46.4 Å². The topological polar surface area (TPSA) is 64.3 Å². The Hall–Kier alpha value is -1.82. The van der Waals surface area contributed by atoms with Gasteiger partial charge in [0, 0.05) is 21.2 Å². The van der Waals surface area contributed by atoms with Gasteiger partial charge in [-0.15, -0.1) is 0 Å². The van der Waals surface area contributed by atoms with Crippen LogP contribution < -0.4 is 15.8 Å². The fraction of sp³-hybridized carbons (Fsp3) is 0.0667. The minimum atomic E-state index is -0.361. The first-order chi connectivity index (χ1) is 10.5. The second-order valence-corrected chi connectivity index (χ2v) is 5.65. The standard InChI is InChI=1S/C15H12Cl2N2O2S/c16-11-4-1-10(13(17)7-11)8-21-12-5-2-9(3-6-12)14(20)19-15(18)22/h1-7H,8H2,(H3,18,19,20,22). The van der Waals surface area contributed by atoms with Gasteiger partial charge in [-0.25, -0.2) is 0 Å². The van der Waals surface area contributed by atoms with Crippen LogP contribution in [0.25, 0.3) is 0 Å².